The van der Waals surface area contributed by atoms with Gasteiger partial charge >= 0.3 is 5.97 Å². The number of carboxylic acid groups (broad SMARTS) is 1. The Morgan fingerprint density at radius 3 is 2.62 bits per heavy atom. The first kappa shape index (κ1) is 16.6. The van der Waals surface area contributed by atoms with Gasteiger partial charge in [0.25, 0.3) is 5.91 Å². The van der Waals surface area contributed by atoms with Crippen LogP contribution in [0.2, 0.25) is 0 Å². The van der Waals surface area contributed by atoms with Gasteiger partial charge in [-0.05, 0) is 43.7 Å². The lowest BCUT2D eigenvalue weighted by Crippen LogP contribution is -2.26. The van der Waals surface area contributed by atoms with Gasteiger partial charge in [-0.25, -0.2) is 4.79 Å². The van der Waals surface area contributed by atoms with E-state index in [1.807, 2.05) is 13.1 Å². The molecular formula is C16H20N4O3S. The highest BCUT2D eigenvalue weighted by atomic mass is 32.1. The zero-order valence-corrected chi connectivity index (χ0v) is 14.4. The van der Waals surface area contributed by atoms with Crippen molar-refractivity contribution in [3.8, 4) is 0 Å². The number of fused-ring (bicyclic) bond motifs is 1. The third kappa shape index (κ3) is 3.33. The van der Waals surface area contributed by atoms with Crippen molar-refractivity contribution in [2.75, 3.05) is 6.54 Å². The molecule has 1 aliphatic rings. The maximum absolute atomic E-state index is 12.5. The van der Waals surface area contributed by atoms with E-state index in [-0.39, 0.29) is 5.91 Å². The van der Waals surface area contributed by atoms with E-state index in [4.69, 9.17) is 0 Å². The van der Waals surface area contributed by atoms with Crippen LogP contribution in [0.3, 0.4) is 0 Å². The normalized spacial score (nSPS) is 13.5. The number of amides is 1. The topological polar surface area (TPSA) is 97.1 Å². The summed E-state index contributed by atoms with van der Waals surface area (Å²) in [5.41, 5.74) is 2.62. The molecule has 0 spiro atoms. The molecule has 2 aromatic rings. The molecule has 0 bridgehead atoms. The van der Waals surface area contributed by atoms with E-state index >= 15 is 0 Å². The van der Waals surface area contributed by atoms with Crippen molar-refractivity contribution in [1.82, 2.24) is 20.3 Å². The van der Waals surface area contributed by atoms with Crippen molar-refractivity contribution in [2.45, 2.75) is 45.6 Å². The number of carbonyl (C=O) groups excluding carboxylic acids is 1. The number of rotatable bonds is 6. The molecule has 0 fully saturated rings. The molecule has 0 atom stereocenters. The molecule has 0 aliphatic heterocycles. The number of hydrogen-bond acceptors (Lipinski definition) is 5. The predicted molar refractivity (Wildman–Crippen MR) is 89.7 cm³/mol. The van der Waals surface area contributed by atoms with Crippen molar-refractivity contribution >= 4 is 23.2 Å². The first-order valence-electron chi connectivity index (χ1n) is 8.15. The fraction of sp³-hybridized carbons (Fsp3) is 0.500. The number of carboxylic acids is 1. The third-order valence-corrected chi connectivity index (χ3v) is 5.46. The minimum absolute atomic E-state index is 0.187. The van der Waals surface area contributed by atoms with E-state index in [9.17, 15) is 14.7 Å². The summed E-state index contributed by atoms with van der Waals surface area (Å²) in [6.45, 7) is 3.20. The number of thiophene rings is 1. The highest BCUT2D eigenvalue weighted by Crippen LogP contribution is 2.34. The Morgan fingerprint density at radius 2 is 2.00 bits per heavy atom. The Bertz CT molecular complexity index is 765. The molecule has 0 unspecified atom stereocenters. The van der Waals surface area contributed by atoms with Crippen LogP contribution in [0.15, 0.2) is 6.20 Å². The Hall–Kier alpha value is -2.22. The van der Waals surface area contributed by atoms with Gasteiger partial charge in [-0.3, -0.25) is 9.48 Å². The molecule has 0 aromatic carbocycles. The van der Waals surface area contributed by atoms with Gasteiger partial charge in [0, 0.05) is 25.7 Å². The molecule has 128 valence electrons. The standard InChI is InChI=1S/C16H20N4O3S/c1-2-20-9-10(18-19-20)7-8-17-15(21)13-11-5-3-4-6-12(11)14(24-13)16(22)23/h9H,2-8H2,1H3,(H,17,21)(H,22,23). The molecule has 7 nitrogen and oxygen atoms in total. The van der Waals surface area contributed by atoms with Gasteiger partial charge in [0.15, 0.2) is 0 Å². The van der Waals surface area contributed by atoms with Gasteiger partial charge in [-0.15, -0.1) is 16.4 Å². The predicted octanol–water partition coefficient (Wildman–Crippen LogP) is 1.91. The van der Waals surface area contributed by atoms with Crippen LogP contribution in [0.25, 0.3) is 0 Å². The van der Waals surface area contributed by atoms with Crippen molar-refractivity contribution in [2.24, 2.45) is 0 Å². The maximum atomic E-state index is 12.5. The zero-order chi connectivity index (χ0) is 17.1. The lowest BCUT2D eigenvalue weighted by Gasteiger charge is -2.13. The molecule has 2 aromatic heterocycles. The molecule has 0 saturated carbocycles. The largest absolute Gasteiger partial charge is 0.477 e. The maximum Gasteiger partial charge on any atom is 0.346 e. The summed E-state index contributed by atoms with van der Waals surface area (Å²) >= 11 is 1.10. The molecule has 1 amide bonds. The number of aromatic nitrogens is 3. The zero-order valence-electron chi connectivity index (χ0n) is 13.5. The molecule has 8 heteroatoms. The van der Waals surface area contributed by atoms with Crippen LogP contribution < -0.4 is 5.32 Å². The quantitative estimate of drug-likeness (QED) is 0.831. The molecule has 2 heterocycles. The van der Waals surface area contributed by atoms with E-state index in [0.29, 0.717) is 22.7 Å². The number of nitrogens with one attached hydrogen (secondary N) is 1. The van der Waals surface area contributed by atoms with Crippen molar-refractivity contribution < 1.29 is 14.7 Å². The first-order valence-corrected chi connectivity index (χ1v) is 8.96. The molecule has 1 aliphatic carbocycles. The van der Waals surface area contributed by atoms with Gasteiger partial charge in [0.1, 0.15) is 4.88 Å². The number of aryl methyl sites for hydroxylation is 1. The Kier molecular flexibility index (Phi) is 4.94. The summed E-state index contributed by atoms with van der Waals surface area (Å²) in [4.78, 5) is 24.7. The van der Waals surface area contributed by atoms with Crippen LogP contribution in [-0.2, 0) is 25.8 Å². The first-order chi connectivity index (χ1) is 11.6. The number of carbonyl (C=O) groups is 2. The Labute approximate surface area is 143 Å². The smallest absolute Gasteiger partial charge is 0.346 e. The second-order valence-corrected chi connectivity index (χ2v) is 6.82. The molecule has 2 N–H and O–H groups in total. The SMILES string of the molecule is CCn1cc(CCNC(=O)c2sc(C(=O)O)c3c2CCCC3)nn1. The Balaban J connectivity index is 1.67. The van der Waals surface area contributed by atoms with E-state index < -0.39 is 5.97 Å². The van der Waals surface area contributed by atoms with Crippen molar-refractivity contribution in [1.29, 1.82) is 0 Å². The summed E-state index contributed by atoms with van der Waals surface area (Å²) in [7, 11) is 0. The lowest BCUT2D eigenvalue weighted by molar-refractivity contribution is 0.0700. The van der Waals surface area contributed by atoms with Gasteiger partial charge in [-0.2, -0.15) is 0 Å². The van der Waals surface area contributed by atoms with Crippen LogP contribution in [0.5, 0.6) is 0 Å². The summed E-state index contributed by atoms with van der Waals surface area (Å²) in [5.74, 6) is -1.12. The third-order valence-electron chi connectivity index (χ3n) is 4.20. The second kappa shape index (κ2) is 7.12. The Morgan fingerprint density at radius 1 is 1.29 bits per heavy atom. The number of hydrogen-bond donors (Lipinski definition) is 2. The minimum Gasteiger partial charge on any atom is -0.477 e. The molecule has 0 radical (unpaired) electrons. The van der Waals surface area contributed by atoms with E-state index in [2.05, 4.69) is 15.6 Å². The lowest BCUT2D eigenvalue weighted by atomic mass is 9.92. The van der Waals surface area contributed by atoms with Crippen LogP contribution in [0.1, 0.15) is 55.9 Å². The van der Waals surface area contributed by atoms with Gasteiger partial charge in [0.05, 0.1) is 10.6 Å². The molecule has 3 rings (SSSR count). The highest BCUT2D eigenvalue weighted by Gasteiger charge is 2.27. The second-order valence-electron chi connectivity index (χ2n) is 5.80. The number of aromatic carboxylic acids is 1. The van der Waals surface area contributed by atoms with Crippen LogP contribution in [0, 0.1) is 0 Å². The molecular weight excluding hydrogens is 328 g/mol. The monoisotopic (exact) mass is 348 g/mol. The average Bonchev–Trinajstić information content (AvgIpc) is 3.19. The van der Waals surface area contributed by atoms with Gasteiger partial charge in [0.2, 0.25) is 0 Å². The van der Waals surface area contributed by atoms with Crippen LogP contribution >= 0.6 is 11.3 Å². The average molecular weight is 348 g/mol. The summed E-state index contributed by atoms with van der Waals surface area (Å²) in [5, 5.41) is 20.2. The molecule has 24 heavy (non-hydrogen) atoms. The van der Waals surface area contributed by atoms with E-state index in [0.717, 1.165) is 60.4 Å². The van der Waals surface area contributed by atoms with E-state index in [1.165, 1.54) is 0 Å². The summed E-state index contributed by atoms with van der Waals surface area (Å²) < 4.78 is 1.74. The van der Waals surface area contributed by atoms with Crippen LogP contribution in [0.4, 0.5) is 0 Å². The molecule has 0 saturated heterocycles. The highest BCUT2D eigenvalue weighted by molar-refractivity contribution is 7.16. The van der Waals surface area contributed by atoms with Gasteiger partial charge < -0.3 is 10.4 Å². The van der Waals surface area contributed by atoms with Crippen LogP contribution in [-0.4, -0.2) is 38.5 Å². The summed E-state index contributed by atoms with van der Waals surface area (Å²) in [6.07, 6.45) is 5.99. The fourth-order valence-corrected chi connectivity index (χ4v) is 4.13. The van der Waals surface area contributed by atoms with Crippen molar-refractivity contribution in [3.63, 3.8) is 0 Å². The van der Waals surface area contributed by atoms with Crippen molar-refractivity contribution in [3.05, 3.63) is 32.8 Å². The van der Waals surface area contributed by atoms with Gasteiger partial charge in [-0.1, -0.05) is 5.21 Å². The minimum atomic E-state index is -0.937. The summed E-state index contributed by atoms with van der Waals surface area (Å²) in [6, 6.07) is 0. The number of nitrogens with zero attached hydrogens (tertiary/aromatic N) is 3. The fourth-order valence-electron chi connectivity index (χ4n) is 2.98. The van der Waals surface area contributed by atoms with E-state index in [1.54, 1.807) is 4.68 Å².